The molecule has 1 aliphatic rings. The first-order valence-corrected chi connectivity index (χ1v) is 11.6. The lowest BCUT2D eigenvalue weighted by atomic mass is 10.1. The summed E-state index contributed by atoms with van der Waals surface area (Å²) in [5.74, 6) is -0.253. The smallest absolute Gasteiger partial charge is 0.255 e. The van der Waals surface area contributed by atoms with Crippen LogP contribution in [0.4, 0.5) is 11.4 Å². The predicted octanol–water partition coefficient (Wildman–Crippen LogP) is 5.41. The molecular formula is C26H35N3O2. The van der Waals surface area contributed by atoms with Gasteiger partial charge in [0, 0.05) is 36.1 Å². The van der Waals surface area contributed by atoms with Gasteiger partial charge in [0.2, 0.25) is 0 Å². The summed E-state index contributed by atoms with van der Waals surface area (Å²) in [6.45, 7) is 8.15. The number of nitrogens with zero attached hydrogens (tertiary/aromatic N) is 1. The van der Waals surface area contributed by atoms with Gasteiger partial charge in [-0.2, -0.15) is 0 Å². The van der Waals surface area contributed by atoms with E-state index in [0.717, 1.165) is 57.3 Å². The van der Waals surface area contributed by atoms with Crippen molar-refractivity contribution >= 4 is 23.2 Å². The summed E-state index contributed by atoms with van der Waals surface area (Å²) in [6.07, 6.45) is 6.48. The number of aryl methyl sites for hydroxylation is 1. The van der Waals surface area contributed by atoms with Gasteiger partial charge in [-0.1, -0.05) is 32.4 Å². The van der Waals surface area contributed by atoms with Crippen molar-refractivity contribution in [1.29, 1.82) is 0 Å². The zero-order valence-electron chi connectivity index (χ0n) is 19.0. The zero-order chi connectivity index (χ0) is 22.2. The Morgan fingerprint density at radius 1 is 1.00 bits per heavy atom. The van der Waals surface area contributed by atoms with Gasteiger partial charge in [-0.05, 0) is 74.9 Å². The Bertz CT molecular complexity index is 886. The molecule has 2 amide bonds. The molecule has 0 spiro atoms. The molecule has 1 saturated heterocycles. The number of unbranched alkanes of at least 4 members (excludes halogenated alkanes) is 1. The van der Waals surface area contributed by atoms with Gasteiger partial charge in [-0.3, -0.25) is 9.59 Å². The van der Waals surface area contributed by atoms with Crippen LogP contribution in [-0.2, 0) is 6.42 Å². The third-order valence-corrected chi connectivity index (χ3v) is 5.97. The quantitative estimate of drug-likeness (QED) is 0.569. The molecule has 0 saturated carbocycles. The number of carbonyl (C=O) groups excluding carboxylic acids is 2. The minimum absolute atomic E-state index is 0.0902. The summed E-state index contributed by atoms with van der Waals surface area (Å²) in [7, 11) is 0. The molecule has 0 bridgehead atoms. The molecule has 1 fully saturated rings. The Labute approximate surface area is 186 Å². The highest BCUT2D eigenvalue weighted by molar-refractivity contribution is 6.06. The number of rotatable bonds is 9. The van der Waals surface area contributed by atoms with E-state index in [1.165, 1.54) is 5.56 Å². The molecule has 5 heteroatoms. The number of amides is 2. The Morgan fingerprint density at radius 2 is 1.71 bits per heavy atom. The van der Waals surface area contributed by atoms with Crippen molar-refractivity contribution in [3.05, 3.63) is 59.2 Å². The second-order valence-corrected chi connectivity index (χ2v) is 8.46. The first-order chi connectivity index (χ1) is 15.0. The monoisotopic (exact) mass is 421 g/mol. The van der Waals surface area contributed by atoms with Crippen LogP contribution in [0.5, 0.6) is 0 Å². The molecule has 0 aromatic heterocycles. The second kappa shape index (κ2) is 11.0. The Hall–Kier alpha value is -2.82. The van der Waals surface area contributed by atoms with Gasteiger partial charge in [0.15, 0.2) is 0 Å². The normalized spacial score (nSPS) is 14.4. The fourth-order valence-corrected chi connectivity index (χ4v) is 3.84. The van der Waals surface area contributed by atoms with E-state index in [1.807, 2.05) is 43.3 Å². The number of anilines is 2. The number of benzene rings is 2. The van der Waals surface area contributed by atoms with Gasteiger partial charge < -0.3 is 15.5 Å². The van der Waals surface area contributed by atoms with Crippen molar-refractivity contribution in [2.24, 2.45) is 0 Å². The lowest BCUT2D eigenvalue weighted by molar-refractivity contribution is 0.0938. The fraction of sp³-hybridized carbons (Fsp3) is 0.462. The molecule has 2 N–H and O–H groups in total. The minimum Gasteiger partial charge on any atom is -0.371 e. The van der Waals surface area contributed by atoms with Crippen LogP contribution >= 0.6 is 0 Å². The van der Waals surface area contributed by atoms with Gasteiger partial charge >= 0.3 is 0 Å². The number of hydrogen-bond acceptors (Lipinski definition) is 3. The summed E-state index contributed by atoms with van der Waals surface area (Å²) in [5, 5.41) is 6.03. The maximum absolute atomic E-state index is 13.0. The standard InChI is InChI=1S/C26H35N3O2/c1-4-6-9-20-10-12-21(13-11-20)25(30)28-22-14-15-24(29-16-7-8-17-29)23(18-22)26(31)27-19(3)5-2/h10-15,18-19H,4-9,16-17H2,1-3H3,(H,27,31)(H,28,30)/t19-/m1/s1. The summed E-state index contributed by atoms with van der Waals surface area (Å²) in [6, 6.07) is 13.5. The molecule has 166 valence electrons. The predicted molar refractivity (Wildman–Crippen MR) is 128 cm³/mol. The molecule has 1 aliphatic heterocycles. The van der Waals surface area contributed by atoms with Crippen LogP contribution in [0.25, 0.3) is 0 Å². The molecule has 31 heavy (non-hydrogen) atoms. The van der Waals surface area contributed by atoms with Crippen molar-refractivity contribution in [2.75, 3.05) is 23.3 Å². The molecule has 2 aromatic carbocycles. The highest BCUT2D eigenvalue weighted by atomic mass is 16.2. The lowest BCUT2D eigenvalue weighted by Gasteiger charge is -2.23. The van der Waals surface area contributed by atoms with Crippen molar-refractivity contribution in [2.45, 2.75) is 65.3 Å². The van der Waals surface area contributed by atoms with E-state index >= 15 is 0 Å². The third-order valence-electron chi connectivity index (χ3n) is 5.97. The fourth-order valence-electron chi connectivity index (χ4n) is 3.84. The highest BCUT2D eigenvalue weighted by Gasteiger charge is 2.21. The van der Waals surface area contributed by atoms with Crippen LogP contribution in [0.15, 0.2) is 42.5 Å². The summed E-state index contributed by atoms with van der Waals surface area (Å²) < 4.78 is 0. The maximum atomic E-state index is 13.0. The minimum atomic E-state index is -0.163. The molecule has 3 rings (SSSR count). The Morgan fingerprint density at radius 3 is 2.35 bits per heavy atom. The summed E-state index contributed by atoms with van der Waals surface area (Å²) >= 11 is 0. The van der Waals surface area contributed by atoms with Crippen LogP contribution in [0, 0.1) is 0 Å². The van der Waals surface area contributed by atoms with Crippen molar-refractivity contribution < 1.29 is 9.59 Å². The van der Waals surface area contributed by atoms with Crippen LogP contribution < -0.4 is 15.5 Å². The van der Waals surface area contributed by atoms with E-state index in [9.17, 15) is 9.59 Å². The lowest BCUT2D eigenvalue weighted by Crippen LogP contribution is -2.33. The van der Waals surface area contributed by atoms with E-state index in [0.29, 0.717) is 16.8 Å². The number of nitrogens with one attached hydrogen (secondary N) is 2. The number of carbonyl (C=O) groups is 2. The summed E-state index contributed by atoms with van der Waals surface area (Å²) in [5.41, 5.74) is 4.07. The van der Waals surface area contributed by atoms with Crippen LogP contribution in [0.3, 0.4) is 0 Å². The van der Waals surface area contributed by atoms with E-state index in [4.69, 9.17) is 0 Å². The SMILES string of the molecule is CCCCc1ccc(C(=O)Nc2ccc(N3CCCC3)c(C(=O)N[C@H](C)CC)c2)cc1. The zero-order valence-corrected chi connectivity index (χ0v) is 19.0. The topological polar surface area (TPSA) is 61.4 Å². The van der Waals surface area contributed by atoms with Crippen LogP contribution in [0.1, 0.15) is 79.2 Å². The van der Waals surface area contributed by atoms with Gasteiger partial charge in [-0.25, -0.2) is 0 Å². The van der Waals surface area contributed by atoms with E-state index < -0.39 is 0 Å². The van der Waals surface area contributed by atoms with Gasteiger partial charge in [0.05, 0.1) is 5.56 Å². The molecular weight excluding hydrogens is 386 g/mol. The Kier molecular flexibility index (Phi) is 8.10. The third kappa shape index (κ3) is 6.09. The highest BCUT2D eigenvalue weighted by Crippen LogP contribution is 2.28. The van der Waals surface area contributed by atoms with Crippen LogP contribution in [-0.4, -0.2) is 30.9 Å². The van der Waals surface area contributed by atoms with Gasteiger partial charge in [0.1, 0.15) is 0 Å². The average Bonchev–Trinajstić information content (AvgIpc) is 3.32. The molecule has 1 atom stereocenters. The van der Waals surface area contributed by atoms with Crippen molar-refractivity contribution in [3.63, 3.8) is 0 Å². The Balaban J connectivity index is 1.78. The van der Waals surface area contributed by atoms with Crippen molar-refractivity contribution in [1.82, 2.24) is 5.32 Å². The molecule has 2 aromatic rings. The van der Waals surface area contributed by atoms with E-state index in [2.05, 4.69) is 29.4 Å². The van der Waals surface area contributed by atoms with Crippen molar-refractivity contribution in [3.8, 4) is 0 Å². The molecule has 5 nitrogen and oxygen atoms in total. The molecule has 0 radical (unpaired) electrons. The van der Waals surface area contributed by atoms with E-state index in [1.54, 1.807) is 6.07 Å². The largest absolute Gasteiger partial charge is 0.371 e. The molecule has 1 heterocycles. The van der Waals surface area contributed by atoms with Gasteiger partial charge in [-0.15, -0.1) is 0 Å². The number of hydrogen-bond donors (Lipinski definition) is 2. The molecule has 0 aliphatic carbocycles. The second-order valence-electron chi connectivity index (χ2n) is 8.46. The first kappa shape index (κ1) is 22.9. The first-order valence-electron chi connectivity index (χ1n) is 11.6. The van der Waals surface area contributed by atoms with Gasteiger partial charge in [0.25, 0.3) is 11.8 Å². The van der Waals surface area contributed by atoms with Crippen LogP contribution in [0.2, 0.25) is 0 Å². The van der Waals surface area contributed by atoms with E-state index in [-0.39, 0.29) is 17.9 Å². The summed E-state index contributed by atoms with van der Waals surface area (Å²) in [4.78, 5) is 28.0. The average molecular weight is 422 g/mol. The molecule has 0 unspecified atom stereocenters. The maximum Gasteiger partial charge on any atom is 0.255 e.